The monoisotopic (exact) mass is 480 g/mol. The van der Waals surface area contributed by atoms with Crippen molar-refractivity contribution in [1.29, 1.82) is 0 Å². The van der Waals surface area contributed by atoms with Gasteiger partial charge in [-0.1, -0.05) is 47.1 Å². The quantitative estimate of drug-likeness (QED) is 0.538. The van der Waals surface area contributed by atoms with Crippen molar-refractivity contribution in [1.82, 2.24) is 0 Å². The highest BCUT2D eigenvalue weighted by atomic mass is 79.9. The Morgan fingerprint density at radius 3 is 2.48 bits per heavy atom. The lowest BCUT2D eigenvalue weighted by molar-refractivity contribution is -0.733. The molecular formula is C24H23BrN3O3+. The van der Waals surface area contributed by atoms with E-state index in [1.165, 1.54) is 4.90 Å². The second-order valence-electron chi connectivity index (χ2n) is 8.32. The van der Waals surface area contributed by atoms with Gasteiger partial charge in [-0.15, -0.1) is 6.58 Å². The van der Waals surface area contributed by atoms with E-state index in [0.717, 1.165) is 15.7 Å². The van der Waals surface area contributed by atoms with E-state index in [-0.39, 0.29) is 23.8 Å². The van der Waals surface area contributed by atoms with Crippen LogP contribution in [0, 0.1) is 11.8 Å². The van der Waals surface area contributed by atoms with Gasteiger partial charge in [0, 0.05) is 16.6 Å². The van der Waals surface area contributed by atoms with Crippen LogP contribution < -0.4 is 15.1 Å². The number of anilines is 2. The minimum Gasteiger partial charge on any atom is -0.326 e. The molecule has 7 heteroatoms. The molecule has 3 aliphatic heterocycles. The minimum atomic E-state index is -1.12. The first-order valence-corrected chi connectivity index (χ1v) is 11.3. The molecule has 0 unspecified atom stereocenters. The molecule has 2 fully saturated rings. The van der Waals surface area contributed by atoms with Gasteiger partial charge < -0.3 is 10.2 Å². The van der Waals surface area contributed by atoms with Gasteiger partial charge in [-0.05, 0) is 36.8 Å². The SMILES string of the molecule is C=CCN1C(=O)[C@]2([NH2+][C@H](CC)[C@H]3C(=O)N(c4ccc(Br)cc4)C(=O)[C@H]32)c2ccccc21. The van der Waals surface area contributed by atoms with Crippen molar-refractivity contribution in [3.63, 3.8) is 0 Å². The zero-order chi connectivity index (χ0) is 21.9. The Hall–Kier alpha value is -2.77. The molecule has 0 bridgehead atoms. The summed E-state index contributed by atoms with van der Waals surface area (Å²) < 4.78 is 0.867. The molecule has 2 N–H and O–H groups in total. The first kappa shape index (κ1) is 20.2. The van der Waals surface area contributed by atoms with Crippen molar-refractivity contribution in [2.24, 2.45) is 11.8 Å². The Labute approximate surface area is 189 Å². The molecular weight excluding hydrogens is 458 g/mol. The third-order valence-corrected chi connectivity index (χ3v) is 7.42. The number of imide groups is 1. The number of amides is 3. The van der Waals surface area contributed by atoms with Crippen molar-refractivity contribution >= 4 is 45.0 Å². The summed E-state index contributed by atoms with van der Waals surface area (Å²) in [5.41, 5.74) is 1.02. The van der Waals surface area contributed by atoms with Crippen LogP contribution in [0.25, 0.3) is 0 Å². The molecule has 6 nitrogen and oxygen atoms in total. The molecule has 2 aromatic carbocycles. The zero-order valence-corrected chi connectivity index (χ0v) is 18.7. The van der Waals surface area contributed by atoms with E-state index in [9.17, 15) is 14.4 Å². The molecule has 4 atom stereocenters. The summed E-state index contributed by atoms with van der Waals surface area (Å²) in [7, 11) is 0. The summed E-state index contributed by atoms with van der Waals surface area (Å²) >= 11 is 3.40. The van der Waals surface area contributed by atoms with E-state index < -0.39 is 17.4 Å². The Kier molecular flexibility index (Phi) is 4.64. The van der Waals surface area contributed by atoms with E-state index >= 15 is 0 Å². The van der Waals surface area contributed by atoms with Gasteiger partial charge in [0.05, 0.1) is 17.4 Å². The molecule has 31 heavy (non-hydrogen) atoms. The number of carbonyl (C=O) groups is 3. The van der Waals surface area contributed by atoms with Gasteiger partial charge in [-0.25, -0.2) is 4.90 Å². The van der Waals surface area contributed by atoms with Crippen LogP contribution in [0.1, 0.15) is 18.9 Å². The largest absolute Gasteiger partial charge is 0.326 e. The van der Waals surface area contributed by atoms with Crippen LogP contribution in [0.4, 0.5) is 11.4 Å². The number of carbonyl (C=O) groups excluding carboxylic acids is 3. The number of halogens is 1. The number of hydrogen-bond acceptors (Lipinski definition) is 3. The van der Waals surface area contributed by atoms with E-state index in [0.29, 0.717) is 18.7 Å². The van der Waals surface area contributed by atoms with Gasteiger partial charge in [-0.3, -0.25) is 14.4 Å². The van der Waals surface area contributed by atoms with E-state index in [1.54, 1.807) is 23.1 Å². The maximum Gasteiger partial charge on any atom is 0.294 e. The molecule has 0 aliphatic carbocycles. The van der Waals surface area contributed by atoms with Crippen LogP contribution in [0.3, 0.4) is 0 Å². The minimum absolute atomic E-state index is 0.140. The molecule has 2 saturated heterocycles. The summed E-state index contributed by atoms with van der Waals surface area (Å²) in [4.78, 5) is 44.2. The third kappa shape index (κ3) is 2.56. The Morgan fingerprint density at radius 2 is 1.81 bits per heavy atom. The van der Waals surface area contributed by atoms with E-state index in [1.807, 2.05) is 48.6 Å². The highest BCUT2D eigenvalue weighted by Gasteiger charge is 2.75. The molecule has 0 aromatic heterocycles. The highest BCUT2D eigenvalue weighted by Crippen LogP contribution is 2.51. The first-order valence-electron chi connectivity index (χ1n) is 10.5. The van der Waals surface area contributed by atoms with Crippen molar-refractivity contribution in [3.05, 3.63) is 71.2 Å². The number of para-hydroxylation sites is 1. The molecule has 3 amide bonds. The predicted molar refractivity (Wildman–Crippen MR) is 120 cm³/mol. The van der Waals surface area contributed by atoms with Crippen LogP contribution >= 0.6 is 15.9 Å². The fraction of sp³-hybridized carbons (Fsp3) is 0.292. The molecule has 5 rings (SSSR count). The van der Waals surface area contributed by atoms with E-state index in [2.05, 4.69) is 22.5 Å². The lowest BCUT2D eigenvalue weighted by atomic mass is 9.76. The second-order valence-corrected chi connectivity index (χ2v) is 9.24. The Morgan fingerprint density at radius 1 is 1.10 bits per heavy atom. The summed E-state index contributed by atoms with van der Waals surface area (Å²) in [5, 5.41) is 1.99. The number of benzene rings is 2. The van der Waals surface area contributed by atoms with Crippen LogP contribution in [0.5, 0.6) is 0 Å². The molecule has 1 spiro atoms. The third-order valence-electron chi connectivity index (χ3n) is 6.89. The Balaban J connectivity index is 1.68. The second kappa shape index (κ2) is 7.14. The molecule has 2 aromatic rings. The molecule has 3 aliphatic rings. The normalized spacial score (nSPS) is 29.1. The summed E-state index contributed by atoms with van der Waals surface area (Å²) in [6.45, 7) is 6.16. The summed E-state index contributed by atoms with van der Waals surface area (Å²) in [5.74, 6) is -1.94. The first-order chi connectivity index (χ1) is 15.0. The van der Waals surface area contributed by atoms with Crippen molar-refractivity contribution < 1.29 is 19.7 Å². The number of nitrogens with two attached hydrogens (primary N) is 1. The number of nitrogens with zero attached hydrogens (tertiary/aromatic N) is 2. The molecule has 0 radical (unpaired) electrons. The molecule has 3 heterocycles. The molecule has 0 saturated carbocycles. The average Bonchev–Trinajstić information content (AvgIpc) is 3.34. The van der Waals surface area contributed by atoms with Crippen LogP contribution in [-0.2, 0) is 19.9 Å². The number of quaternary nitrogens is 1. The van der Waals surface area contributed by atoms with Gasteiger partial charge >= 0.3 is 0 Å². The molecule has 158 valence electrons. The van der Waals surface area contributed by atoms with E-state index in [4.69, 9.17) is 0 Å². The van der Waals surface area contributed by atoms with Gasteiger partial charge in [0.15, 0.2) is 0 Å². The van der Waals surface area contributed by atoms with Gasteiger partial charge in [-0.2, -0.15) is 0 Å². The fourth-order valence-corrected chi connectivity index (χ4v) is 5.91. The zero-order valence-electron chi connectivity index (χ0n) is 17.1. The summed E-state index contributed by atoms with van der Waals surface area (Å²) in [6.07, 6.45) is 2.38. The van der Waals surface area contributed by atoms with Crippen molar-refractivity contribution in [3.8, 4) is 0 Å². The van der Waals surface area contributed by atoms with Crippen LogP contribution in [-0.4, -0.2) is 30.3 Å². The lowest BCUT2D eigenvalue weighted by Crippen LogP contribution is -2.99. The number of fused-ring (bicyclic) bond motifs is 4. The topological polar surface area (TPSA) is 74.3 Å². The Bertz CT molecular complexity index is 1120. The smallest absolute Gasteiger partial charge is 0.294 e. The van der Waals surface area contributed by atoms with Crippen LogP contribution in [0.15, 0.2) is 65.7 Å². The standard InChI is InChI=1S/C24H22BrN3O3/c1-3-13-27-18-8-6-5-7-16(18)24(23(27)31)20-19(17(4-2)26-24)21(29)28(22(20)30)15-11-9-14(25)10-12-15/h3,5-12,17,19-20,26H,1,4,13H2,2H3/p+1/t17-,19-,20+,24+/m1/s1. The van der Waals surface area contributed by atoms with Gasteiger partial charge in [0.1, 0.15) is 11.8 Å². The van der Waals surface area contributed by atoms with Gasteiger partial charge in [0.2, 0.25) is 17.4 Å². The average molecular weight is 481 g/mol. The van der Waals surface area contributed by atoms with Crippen molar-refractivity contribution in [2.75, 3.05) is 16.3 Å². The predicted octanol–water partition coefficient (Wildman–Crippen LogP) is 2.34. The summed E-state index contributed by atoms with van der Waals surface area (Å²) in [6, 6.07) is 14.6. The van der Waals surface area contributed by atoms with Crippen LogP contribution in [0.2, 0.25) is 0 Å². The fourth-order valence-electron chi connectivity index (χ4n) is 5.64. The maximum atomic E-state index is 13.9. The van der Waals surface area contributed by atoms with Crippen molar-refractivity contribution in [2.45, 2.75) is 24.9 Å². The maximum absolute atomic E-state index is 13.9. The van der Waals surface area contributed by atoms with Gasteiger partial charge in [0.25, 0.3) is 5.91 Å². The lowest BCUT2D eigenvalue weighted by Gasteiger charge is -2.27. The number of hydrogen-bond donors (Lipinski definition) is 1. The highest BCUT2D eigenvalue weighted by molar-refractivity contribution is 9.10. The number of rotatable bonds is 4.